The molecule has 106 valence electrons. The SMILES string of the molecule is NNc1cc(S(=O)(=O)Nc2ccc(Cl)cc2I)ccn1. The molecule has 0 aliphatic carbocycles. The fourth-order valence-electron chi connectivity index (χ4n) is 1.43. The maximum atomic E-state index is 12.3. The predicted octanol–water partition coefficient (Wildman–Crippen LogP) is 2.43. The van der Waals surface area contributed by atoms with Crippen molar-refractivity contribution in [1.82, 2.24) is 4.98 Å². The lowest BCUT2D eigenvalue weighted by Gasteiger charge is -2.10. The Balaban J connectivity index is 2.35. The van der Waals surface area contributed by atoms with E-state index in [0.29, 0.717) is 14.3 Å². The lowest BCUT2D eigenvalue weighted by Crippen LogP contribution is -2.15. The molecule has 1 aromatic heterocycles. The number of pyridine rings is 1. The molecule has 2 aromatic rings. The van der Waals surface area contributed by atoms with Crippen LogP contribution in [0.25, 0.3) is 0 Å². The van der Waals surface area contributed by atoms with Crippen LogP contribution >= 0.6 is 34.2 Å². The summed E-state index contributed by atoms with van der Waals surface area (Å²) < 4.78 is 27.7. The maximum Gasteiger partial charge on any atom is 0.262 e. The highest BCUT2D eigenvalue weighted by Crippen LogP contribution is 2.25. The van der Waals surface area contributed by atoms with Crippen LogP contribution in [-0.2, 0) is 10.0 Å². The lowest BCUT2D eigenvalue weighted by molar-refractivity contribution is 0.601. The Morgan fingerprint density at radius 3 is 2.65 bits per heavy atom. The van der Waals surface area contributed by atoms with E-state index in [1.54, 1.807) is 18.2 Å². The molecule has 0 atom stereocenters. The average Bonchev–Trinajstić information content (AvgIpc) is 2.42. The predicted molar refractivity (Wildman–Crippen MR) is 87.0 cm³/mol. The summed E-state index contributed by atoms with van der Waals surface area (Å²) in [5.41, 5.74) is 2.75. The zero-order valence-electron chi connectivity index (χ0n) is 9.97. The molecule has 0 amide bonds. The number of anilines is 2. The Kier molecular flexibility index (Phi) is 4.68. The van der Waals surface area contributed by atoms with Crippen molar-refractivity contribution in [2.24, 2.45) is 5.84 Å². The zero-order valence-corrected chi connectivity index (χ0v) is 13.7. The molecule has 0 spiro atoms. The fraction of sp³-hybridized carbons (Fsp3) is 0. The van der Waals surface area contributed by atoms with Crippen LogP contribution in [0.15, 0.2) is 41.4 Å². The van der Waals surface area contributed by atoms with Gasteiger partial charge in [-0.25, -0.2) is 19.2 Å². The molecule has 0 radical (unpaired) electrons. The number of aromatic nitrogens is 1. The molecular weight excluding hydrogens is 415 g/mol. The summed E-state index contributed by atoms with van der Waals surface area (Å²) in [6, 6.07) is 7.60. The molecule has 9 heteroatoms. The number of hydrazine groups is 1. The molecule has 0 fully saturated rings. The van der Waals surface area contributed by atoms with Gasteiger partial charge in [-0.15, -0.1) is 0 Å². The van der Waals surface area contributed by atoms with Crippen LogP contribution in [0.5, 0.6) is 0 Å². The van der Waals surface area contributed by atoms with Crippen LogP contribution in [0, 0.1) is 3.57 Å². The second kappa shape index (κ2) is 6.12. The number of hydrogen-bond donors (Lipinski definition) is 3. The summed E-state index contributed by atoms with van der Waals surface area (Å²) >= 11 is 7.84. The van der Waals surface area contributed by atoms with Gasteiger partial charge in [0.2, 0.25) is 0 Å². The molecule has 6 nitrogen and oxygen atoms in total. The van der Waals surface area contributed by atoms with Crippen molar-refractivity contribution in [2.75, 3.05) is 10.1 Å². The maximum absolute atomic E-state index is 12.3. The van der Waals surface area contributed by atoms with Crippen molar-refractivity contribution < 1.29 is 8.42 Å². The second-order valence-electron chi connectivity index (χ2n) is 3.75. The molecule has 1 aromatic carbocycles. The van der Waals surface area contributed by atoms with Gasteiger partial charge in [-0.05, 0) is 46.9 Å². The summed E-state index contributed by atoms with van der Waals surface area (Å²) in [6.07, 6.45) is 1.36. The van der Waals surface area contributed by atoms with Gasteiger partial charge < -0.3 is 5.43 Å². The Hall–Kier alpha value is -1.10. The first-order valence-electron chi connectivity index (χ1n) is 5.33. The van der Waals surface area contributed by atoms with Gasteiger partial charge in [0, 0.05) is 20.9 Å². The minimum atomic E-state index is -3.71. The van der Waals surface area contributed by atoms with Gasteiger partial charge in [0.25, 0.3) is 10.0 Å². The van der Waals surface area contributed by atoms with E-state index < -0.39 is 10.0 Å². The van der Waals surface area contributed by atoms with Gasteiger partial charge >= 0.3 is 0 Å². The van der Waals surface area contributed by atoms with E-state index in [2.05, 4.69) is 15.1 Å². The number of rotatable bonds is 4. The summed E-state index contributed by atoms with van der Waals surface area (Å²) in [5, 5.41) is 0.538. The van der Waals surface area contributed by atoms with Crippen molar-refractivity contribution in [3.63, 3.8) is 0 Å². The second-order valence-corrected chi connectivity index (χ2v) is 7.03. The summed E-state index contributed by atoms with van der Waals surface area (Å²) in [5.74, 6) is 5.47. The number of sulfonamides is 1. The van der Waals surface area contributed by atoms with Crippen molar-refractivity contribution in [2.45, 2.75) is 4.90 Å². The first-order chi connectivity index (χ1) is 9.42. The third-order valence-electron chi connectivity index (χ3n) is 2.37. The van der Waals surface area contributed by atoms with Crippen LogP contribution in [0.1, 0.15) is 0 Å². The molecule has 4 N–H and O–H groups in total. The highest BCUT2D eigenvalue weighted by Gasteiger charge is 2.16. The molecule has 0 unspecified atom stereocenters. The number of nitrogens with zero attached hydrogens (tertiary/aromatic N) is 1. The Morgan fingerprint density at radius 1 is 1.25 bits per heavy atom. The standard InChI is InChI=1S/C11H10ClIN4O2S/c12-7-1-2-10(9(13)5-7)17-20(18,19)8-3-4-15-11(6-8)16-14/h1-6,17H,14H2,(H,15,16). The van der Waals surface area contributed by atoms with Crippen LogP contribution in [-0.4, -0.2) is 13.4 Å². The first kappa shape index (κ1) is 15.3. The molecular formula is C11H10ClIN4O2S. The fourth-order valence-corrected chi connectivity index (χ4v) is 3.71. The average molecular weight is 425 g/mol. The van der Waals surface area contributed by atoms with E-state index in [1.807, 2.05) is 22.6 Å². The molecule has 0 saturated carbocycles. The minimum absolute atomic E-state index is 0.0613. The number of nitrogens with one attached hydrogen (secondary N) is 2. The van der Waals surface area contributed by atoms with Crippen molar-refractivity contribution in [1.29, 1.82) is 0 Å². The largest absolute Gasteiger partial charge is 0.308 e. The van der Waals surface area contributed by atoms with Gasteiger partial charge in [0.05, 0.1) is 10.6 Å². The third kappa shape index (κ3) is 3.51. The minimum Gasteiger partial charge on any atom is -0.308 e. The number of halogens is 2. The smallest absolute Gasteiger partial charge is 0.262 e. The molecule has 2 rings (SSSR count). The Morgan fingerprint density at radius 2 is 2.00 bits per heavy atom. The van der Waals surface area contributed by atoms with Crippen LogP contribution in [0.4, 0.5) is 11.5 Å². The Bertz CT molecular complexity index is 739. The van der Waals surface area contributed by atoms with Crippen LogP contribution in [0.3, 0.4) is 0 Å². The van der Waals surface area contributed by atoms with Gasteiger partial charge in [0.1, 0.15) is 5.82 Å². The number of benzene rings is 1. The van der Waals surface area contributed by atoms with Crippen molar-refractivity contribution in [3.8, 4) is 0 Å². The van der Waals surface area contributed by atoms with Crippen molar-refractivity contribution in [3.05, 3.63) is 45.1 Å². The molecule has 0 aliphatic heterocycles. The highest BCUT2D eigenvalue weighted by molar-refractivity contribution is 14.1. The van der Waals surface area contributed by atoms with E-state index in [1.165, 1.54) is 18.3 Å². The van der Waals surface area contributed by atoms with E-state index in [4.69, 9.17) is 17.4 Å². The normalized spacial score (nSPS) is 11.2. The summed E-state index contributed by atoms with van der Waals surface area (Å²) in [6.45, 7) is 0. The van der Waals surface area contributed by atoms with Gasteiger partial charge in [-0.2, -0.15) is 0 Å². The summed E-state index contributed by atoms with van der Waals surface area (Å²) in [4.78, 5) is 3.92. The molecule has 0 saturated heterocycles. The number of nitrogens with two attached hydrogens (primary N) is 1. The number of nitrogen functional groups attached to an aromatic ring is 1. The van der Waals surface area contributed by atoms with Crippen LogP contribution in [0.2, 0.25) is 5.02 Å². The van der Waals surface area contributed by atoms with Crippen molar-refractivity contribution >= 4 is 55.7 Å². The number of hydrogen-bond acceptors (Lipinski definition) is 5. The van der Waals surface area contributed by atoms with Gasteiger partial charge in [-0.3, -0.25) is 4.72 Å². The topological polar surface area (TPSA) is 97.1 Å². The lowest BCUT2D eigenvalue weighted by atomic mass is 10.3. The van der Waals surface area contributed by atoms with E-state index in [9.17, 15) is 8.42 Å². The molecule has 0 bridgehead atoms. The van der Waals surface area contributed by atoms with E-state index >= 15 is 0 Å². The molecule has 20 heavy (non-hydrogen) atoms. The zero-order chi connectivity index (χ0) is 14.8. The van der Waals surface area contributed by atoms with Gasteiger partial charge in [-0.1, -0.05) is 11.6 Å². The van der Waals surface area contributed by atoms with Crippen LogP contribution < -0.4 is 16.0 Å². The Labute approximate surface area is 134 Å². The monoisotopic (exact) mass is 424 g/mol. The first-order valence-corrected chi connectivity index (χ1v) is 8.27. The third-order valence-corrected chi connectivity index (χ3v) is 4.86. The summed E-state index contributed by atoms with van der Waals surface area (Å²) in [7, 11) is -3.71. The van der Waals surface area contributed by atoms with E-state index in [-0.39, 0.29) is 10.7 Å². The highest BCUT2D eigenvalue weighted by atomic mass is 127. The molecule has 0 aliphatic rings. The molecule has 1 heterocycles. The quantitative estimate of drug-likeness (QED) is 0.398. The van der Waals surface area contributed by atoms with E-state index in [0.717, 1.165) is 0 Å². The van der Waals surface area contributed by atoms with Gasteiger partial charge in [0.15, 0.2) is 0 Å².